The number of fused-ring (bicyclic) bond motifs is 1. The zero-order chi connectivity index (χ0) is 17.2. The monoisotopic (exact) mass is 338 g/mol. The Morgan fingerprint density at radius 3 is 2.72 bits per heavy atom. The van der Waals surface area contributed by atoms with Crippen LogP contribution in [0.15, 0.2) is 24.5 Å². The molecule has 2 N–H and O–H groups in total. The molecule has 8 heteroatoms. The number of hydrogen-bond acceptors (Lipinski definition) is 7. The first-order valence-corrected chi connectivity index (χ1v) is 8.85. The molecule has 0 radical (unpaired) electrons. The Kier molecular flexibility index (Phi) is 4.17. The van der Waals surface area contributed by atoms with Crippen molar-refractivity contribution < 1.29 is 0 Å². The van der Waals surface area contributed by atoms with Crippen molar-refractivity contribution in [3.8, 4) is 0 Å². The molecule has 0 saturated heterocycles. The summed E-state index contributed by atoms with van der Waals surface area (Å²) in [6.45, 7) is 4.35. The molecule has 1 aliphatic rings. The molecule has 3 aromatic rings. The number of anilines is 3. The van der Waals surface area contributed by atoms with Gasteiger partial charge in [0.2, 0.25) is 5.65 Å². The lowest BCUT2D eigenvalue weighted by molar-refractivity contribution is 0.664. The lowest BCUT2D eigenvalue weighted by Gasteiger charge is -2.17. The van der Waals surface area contributed by atoms with Crippen LogP contribution < -0.4 is 10.6 Å². The Labute approximate surface area is 146 Å². The fourth-order valence-electron chi connectivity index (χ4n) is 2.88. The van der Waals surface area contributed by atoms with Crippen LogP contribution in [0, 0.1) is 0 Å². The van der Waals surface area contributed by atoms with Gasteiger partial charge in [-0.05, 0) is 31.7 Å². The van der Waals surface area contributed by atoms with Gasteiger partial charge in [0, 0.05) is 18.0 Å². The molecule has 0 amide bonds. The molecule has 1 aliphatic carbocycles. The second kappa shape index (κ2) is 6.62. The lowest BCUT2D eigenvalue weighted by atomic mass is 10.2. The van der Waals surface area contributed by atoms with E-state index < -0.39 is 0 Å². The van der Waals surface area contributed by atoms with Crippen molar-refractivity contribution in [1.29, 1.82) is 0 Å². The number of nitrogens with zero attached hydrogens (tertiary/aromatic N) is 6. The summed E-state index contributed by atoms with van der Waals surface area (Å²) in [5.41, 5.74) is 2.44. The number of aromatic nitrogens is 6. The van der Waals surface area contributed by atoms with Crippen LogP contribution in [0.4, 0.5) is 17.2 Å². The molecule has 3 heterocycles. The minimum Gasteiger partial charge on any atom is -0.366 e. The van der Waals surface area contributed by atoms with E-state index in [4.69, 9.17) is 5.10 Å². The maximum absolute atomic E-state index is 4.75. The van der Waals surface area contributed by atoms with E-state index in [0.717, 1.165) is 54.3 Å². The van der Waals surface area contributed by atoms with Gasteiger partial charge < -0.3 is 10.6 Å². The van der Waals surface area contributed by atoms with E-state index in [1.165, 1.54) is 0 Å². The maximum atomic E-state index is 4.75. The van der Waals surface area contributed by atoms with E-state index in [1.807, 2.05) is 16.6 Å². The Morgan fingerprint density at radius 2 is 2.04 bits per heavy atom. The molecular weight excluding hydrogens is 316 g/mol. The van der Waals surface area contributed by atoms with Gasteiger partial charge >= 0.3 is 0 Å². The highest BCUT2D eigenvalue weighted by Crippen LogP contribution is 2.39. The van der Waals surface area contributed by atoms with Crippen LogP contribution in [-0.2, 0) is 0 Å². The number of rotatable bonds is 7. The number of nitrogens with one attached hydrogen (secondary N) is 2. The normalized spacial score (nSPS) is 14.2. The molecule has 1 fully saturated rings. The van der Waals surface area contributed by atoms with Crippen LogP contribution >= 0.6 is 0 Å². The van der Waals surface area contributed by atoms with Crippen molar-refractivity contribution >= 4 is 22.8 Å². The largest absolute Gasteiger partial charge is 0.366 e. The van der Waals surface area contributed by atoms with Gasteiger partial charge in [0.05, 0.1) is 23.8 Å². The van der Waals surface area contributed by atoms with E-state index in [-0.39, 0.29) is 0 Å². The average Bonchev–Trinajstić information content (AvgIpc) is 3.40. The highest BCUT2D eigenvalue weighted by atomic mass is 15.4. The smallest absolute Gasteiger partial charge is 0.201 e. The second-order valence-corrected chi connectivity index (χ2v) is 6.43. The van der Waals surface area contributed by atoms with Crippen molar-refractivity contribution in [2.24, 2.45) is 0 Å². The van der Waals surface area contributed by atoms with Gasteiger partial charge in [0.1, 0.15) is 5.82 Å². The Bertz CT molecular complexity index is 852. The first-order valence-electron chi connectivity index (χ1n) is 8.85. The lowest BCUT2D eigenvalue weighted by Crippen LogP contribution is -2.19. The summed E-state index contributed by atoms with van der Waals surface area (Å²) in [6, 6.07) is 4.25. The van der Waals surface area contributed by atoms with Crippen molar-refractivity contribution in [2.75, 3.05) is 10.6 Å². The van der Waals surface area contributed by atoms with Crippen molar-refractivity contribution in [3.63, 3.8) is 0 Å². The van der Waals surface area contributed by atoms with E-state index in [1.54, 1.807) is 12.4 Å². The molecule has 0 unspecified atom stereocenters. The fourth-order valence-corrected chi connectivity index (χ4v) is 2.88. The van der Waals surface area contributed by atoms with Gasteiger partial charge in [0.25, 0.3) is 0 Å². The standard InChI is InChI=1S/C17H22N8/c1-3-12(4-2)21-15-9-14(20-13-7-8-18-19-10-13)17-23-22-16(11-5-6-11)25(17)24-15/h7-12H,3-6H2,1-2H3,(H,18,20)(H,21,24). The fraction of sp³-hybridized carbons (Fsp3) is 0.471. The maximum Gasteiger partial charge on any atom is 0.201 e. The van der Waals surface area contributed by atoms with E-state index in [2.05, 4.69) is 44.9 Å². The zero-order valence-corrected chi connectivity index (χ0v) is 14.5. The quantitative estimate of drug-likeness (QED) is 0.683. The van der Waals surface area contributed by atoms with Crippen LogP contribution in [0.2, 0.25) is 0 Å². The Morgan fingerprint density at radius 1 is 1.20 bits per heavy atom. The molecule has 0 aliphatic heterocycles. The molecule has 130 valence electrons. The molecule has 3 aromatic heterocycles. The van der Waals surface area contributed by atoms with E-state index >= 15 is 0 Å². The first kappa shape index (κ1) is 15.7. The minimum absolute atomic E-state index is 0.390. The molecule has 4 rings (SSSR count). The van der Waals surface area contributed by atoms with Crippen molar-refractivity contribution in [2.45, 2.75) is 51.5 Å². The van der Waals surface area contributed by atoms with Gasteiger partial charge in [-0.15, -0.1) is 15.3 Å². The predicted octanol–water partition coefficient (Wildman–Crippen LogP) is 3.14. The third-order valence-electron chi connectivity index (χ3n) is 4.54. The molecule has 0 atom stereocenters. The van der Waals surface area contributed by atoms with Crippen LogP contribution in [0.1, 0.15) is 51.3 Å². The SMILES string of the molecule is CCC(CC)Nc1cc(Nc2ccnnc2)c2nnc(C3CC3)n2n1. The van der Waals surface area contributed by atoms with Crippen LogP contribution in [0.25, 0.3) is 5.65 Å². The molecule has 0 aromatic carbocycles. The van der Waals surface area contributed by atoms with Crippen molar-refractivity contribution in [1.82, 2.24) is 30.0 Å². The molecule has 1 saturated carbocycles. The number of hydrogen-bond donors (Lipinski definition) is 2. The topological polar surface area (TPSA) is 92.9 Å². The minimum atomic E-state index is 0.390. The summed E-state index contributed by atoms with van der Waals surface area (Å²) >= 11 is 0. The molecule has 0 spiro atoms. The van der Waals surface area contributed by atoms with Crippen LogP contribution in [0.5, 0.6) is 0 Å². The molecular formula is C17H22N8. The van der Waals surface area contributed by atoms with Gasteiger partial charge in [0.15, 0.2) is 5.82 Å². The van der Waals surface area contributed by atoms with Gasteiger partial charge in [-0.3, -0.25) is 0 Å². The van der Waals surface area contributed by atoms with Crippen LogP contribution in [-0.4, -0.2) is 36.1 Å². The summed E-state index contributed by atoms with van der Waals surface area (Å²) in [4.78, 5) is 0. The Balaban J connectivity index is 1.76. The first-order chi connectivity index (χ1) is 12.3. The summed E-state index contributed by atoms with van der Waals surface area (Å²) in [7, 11) is 0. The van der Waals surface area contributed by atoms with Gasteiger partial charge in [-0.2, -0.15) is 14.7 Å². The summed E-state index contributed by atoms with van der Waals surface area (Å²) < 4.78 is 1.87. The molecule has 25 heavy (non-hydrogen) atoms. The summed E-state index contributed by atoms with van der Waals surface area (Å²) in [5, 5.41) is 28.1. The van der Waals surface area contributed by atoms with E-state index in [0.29, 0.717) is 12.0 Å². The summed E-state index contributed by atoms with van der Waals surface area (Å²) in [5.74, 6) is 2.24. The van der Waals surface area contributed by atoms with Crippen molar-refractivity contribution in [3.05, 3.63) is 30.4 Å². The highest BCUT2D eigenvalue weighted by Gasteiger charge is 2.30. The van der Waals surface area contributed by atoms with E-state index in [9.17, 15) is 0 Å². The second-order valence-electron chi connectivity index (χ2n) is 6.43. The van der Waals surface area contributed by atoms with Gasteiger partial charge in [-0.1, -0.05) is 13.8 Å². The Hall–Kier alpha value is -2.77. The third-order valence-corrected chi connectivity index (χ3v) is 4.54. The molecule has 8 nitrogen and oxygen atoms in total. The zero-order valence-electron chi connectivity index (χ0n) is 14.5. The predicted molar refractivity (Wildman–Crippen MR) is 96.1 cm³/mol. The average molecular weight is 338 g/mol. The highest BCUT2D eigenvalue weighted by molar-refractivity contribution is 5.75. The third kappa shape index (κ3) is 3.24. The van der Waals surface area contributed by atoms with Crippen LogP contribution in [0.3, 0.4) is 0 Å². The summed E-state index contributed by atoms with van der Waals surface area (Å²) in [6.07, 6.45) is 7.75. The van der Waals surface area contributed by atoms with Gasteiger partial charge in [-0.25, -0.2) is 0 Å². The molecule has 0 bridgehead atoms.